The minimum Gasteiger partial charge on any atom is -0.481 e. The lowest BCUT2D eigenvalue weighted by molar-refractivity contribution is -0.153. The summed E-state index contributed by atoms with van der Waals surface area (Å²) in [7, 11) is -4.17. The van der Waals surface area contributed by atoms with Crippen molar-refractivity contribution in [1.29, 1.82) is 5.26 Å². The van der Waals surface area contributed by atoms with Crippen LogP contribution in [0.15, 0.2) is 41.4 Å². The number of nitrogens with one attached hydrogen (secondary N) is 1. The lowest BCUT2D eigenvalue weighted by atomic mass is 9.80. The van der Waals surface area contributed by atoms with Crippen molar-refractivity contribution in [2.24, 2.45) is 5.41 Å². The molecule has 1 aliphatic heterocycles. The number of amides is 1. The maximum absolute atomic E-state index is 13.6. The van der Waals surface area contributed by atoms with Gasteiger partial charge >= 0.3 is 5.97 Å². The van der Waals surface area contributed by atoms with Crippen LogP contribution in [0.3, 0.4) is 0 Å². The maximum Gasteiger partial charge on any atom is 0.309 e. The second-order valence-corrected chi connectivity index (χ2v) is 11.3. The summed E-state index contributed by atoms with van der Waals surface area (Å²) in [6.07, 6.45) is 2.32. The molecule has 3 rings (SSSR count). The third-order valence-electron chi connectivity index (χ3n) is 6.67. The number of hydrogen-bond donors (Lipinski definition) is 2. The number of aryl methyl sites for hydroxylation is 1. The van der Waals surface area contributed by atoms with E-state index in [4.69, 9.17) is 11.6 Å². The summed E-state index contributed by atoms with van der Waals surface area (Å²) in [4.78, 5) is 26.6. The minimum atomic E-state index is -4.17. The Morgan fingerprint density at radius 1 is 1.26 bits per heavy atom. The molecule has 0 radical (unpaired) electrons. The van der Waals surface area contributed by atoms with Crippen LogP contribution in [-0.4, -0.2) is 54.0 Å². The Hall–Kier alpha value is -2.87. The molecule has 0 spiro atoms. The molecule has 2 atom stereocenters. The first-order valence-electron chi connectivity index (χ1n) is 11.3. The number of nitriles is 1. The number of piperidine rings is 1. The Bertz CT molecular complexity index is 1240. The third-order valence-corrected chi connectivity index (χ3v) is 8.77. The number of halogens is 1. The molecule has 1 fully saturated rings. The van der Waals surface area contributed by atoms with Gasteiger partial charge in [-0.3, -0.25) is 9.59 Å². The van der Waals surface area contributed by atoms with Crippen LogP contribution in [0, 0.1) is 23.7 Å². The van der Waals surface area contributed by atoms with Gasteiger partial charge in [0.2, 0.25) is 15.9 Å². The molecule has 11 heteroatoms. The first-order chi connectivity index (χ1) is 16.4. The van der Waals surface area contributed by atoms with Gasteiger partial charge in [-0.2, -0.15) is 9.98 Å². The fourth-order valence-electron chi connectivity index (χ4n) is 4.38. The highest BCUT2D eigenvalue weighted by Crippen LogP contribution is 2.32. The van der Waals surface area contributed by atoms with Crippen molar-refractivity contribution in [1.82, 2.24) is 14.2 Å². The van der Waals surface area contributed by atoms with Crippen molar-refractivity contribution in [3.63, 3.8) is 0 Å². The summed E-state index contributed by atoms with van der Waals surface area (Å²) in [6, 6.07) is 8.65. The van der Waals surface area contributed by atoms with Crippen molar-refractivity contribution in [3.8, 4) is 6.07 Å². The Morgan fingerprint density at radius 2 is 1.91 bits per heavy atom. The monoisotopic (exact) mass is 520 g/mol. The van der Waals surface area contributed by atoms with Crippen LogP contribution in [0.5, 0.6) is 0 Å². The molecule has 2 N–H and O–H groups in total. The summed E-state index contributed by atoms with van der Waals surface area (Å²) in [5.41, 5.74) is -0.0963. The minimum absolute atomic E-state index is 0.0455. The molecule has 1 amide bonds. The molecule has 35 heavy (non-hydrogen) atoms. The van der Waals surface area contributed by atoms with E-state index >= 15 is 0 Å². The van der Waals surface area contributed by atoms with E-state index in [1.165, 1.54) is 11.0 Å². The zero-order chi connectivity index (χ0) is 26.0. The highest BCUT2D eigenvalue weighted by Gasteiger charge is 2.40. The number of carboxylic acids is 1. The number of sulfonamides is 1. The molecule has 1 aromatic heterocycles. The van der Waals surface area contributed by atoms with E-state index in [1.807, 2.05) is 0 Å². The lowest BCUT2D eigenvalue weighted by Crippen LogP contribution is -2.53. The van der Waals surface area contributed by atoms with Gasteiger partial charge in [-0.1, -0.05) is 23.7 Å². The Balaban J connectivity index is 1.91. The molecule has 1 aromatic carbocycles. The highest BCUT2D eigenvalue weighted by molar-refractivity contribution is 7.89. The molecule has 2 aromatic rings. The van der Waals surface area contributed by atoms with E-state index in [0.29, 0.717) is 11.3 Å². The number of carbonyl (C=O) groups excluding carboxylic acids is 1. The number of rotatable bonds is 8. The molecule has 2 heterocycles. The summed E-state index contributed by atoms with van der Waals surface area (Å²) in [5.74, 6) is -1.36. The number of carboxylic acid groups (broad SMARTS) is 1. The fraction of sp³-hybridized carbons (Fsp3) is 0.458. The van der Waals surface area contributed by atoms with Gasteiger partial charge in [0.1, 0.15) is 22.7 Å². The predicted octanol–water partition coefficient (Wildman–Crippen LogP) is 3.33. The van der Waals surface area contributed by atoms with E-state index < -0.39 is 33.4 Å². The average Bonchev–Trinajstić information content (AvgIpc) is 3.27. The smallest absolute Gasteiger partial charge is 0.309 e. The van der Waals surface area contributed by atoms with Crippen LogP contribution in [0.1, 0.15) is 50.4 Å². The highest BCUT2D eigenvalue weighted by atomic mass is 35.5. The summed E-state index contributed by atoms with van der Waals surface area (Å²) in [6.45, 7) is 5.47. The Kier molecular flexibility index (Phi) is 7.94. The molecular formula is C24H29ClN4O5S. The fourth-order valence-corrected chi connectivity index (χ4v) is 6.42. The van der Waals surface area contributed by atoms with E-state index in [-0.39, 0.29) is 48.3 Å². The quantitative estimate of drug-likeness (QED) is 0.548. The number of hydrogen-bond acceptors (Lipinski definition) is 5. The van der Waals surface area contributed by atoms with Crippen LogP contribution in [0.25, 0.3) is 0 Å². The standard InChI is InChI=1S/C24H29ClN4O5S/c1-16-6-4-8-19(25)21(16)35(33,34)27-20(14-17(2)29-11-5-7-18(29)15-26)22(30)28-12-9-24(3,10-13-28)23(31)32/h4-8,11,17,20,27H,9-10,12-14H2,1-3H3,(H,31,32). The van der Waals surface area contributed by atoms with E-state index in [9.17, 15) is 28.4 Å². The molecule has 1 saturated heterocycles. The second kappa shape index (κ2) is 10.4. The van der Waals surface area contributed by atoms with Crippen LogP contribution in [0.2, 0.25) is 5.02 Å². The first kappa shape index (κ1) is 26.7. The van der Waals surface area contributed by atoms with Crippen LogP contribution in [0.4, 0.5) is 0 Å². The number of nitrogens with zero attached hydrogens (tertiary/aromatic N) is 3. The first-order valence-corrected chi connectivity index (χ1v) is 13.1. The topological polar surface area (TPSA) is 132 Å². The van der Waals surface area contributed by atoms with Gasteiger partial charge in [-0.15, -0.1) is 0 Å². The summed E-state index contributed by atoms with van der Waals surface area (Å²) < 4.78 is 30.9. The SMILES string of the molecule is Cc1cccc(Cl)c1S(=O)(=O)NC(CC(C)n1cccc1C#N)C(=O)N1CCC(C)(C(=O)O)CC1. The summed E-state index contributed by atoms with van der Waals surface area (Å²) in [5, 5.41) is 18.9. The number of likely N-dealkylation sites (tertiary alicyclic amines) is 1. The Labute approximate surface area is 210 Å². The van der Waals surface area contributed by atoms with Gasteiger partial charge in [-0.25, -0.2) is 8.42 Å². The normalized spacial score (nSPS) is 17.4. The molecule has 1 aliphatic rings. The lowest BCUT2D eigenvalue weighted by Gasteiger charge is -2.38. The summed E-state index contributed by atoms with van der Waals surface area (Å²) >= 11 is 6.20. The van der Waals surface area contributed by atoms with Crippen LogP contribution in [-0.2, 0) is 19.6 Å². The van der Waals surface area contributed by atoms with E-state index in [2.05, 4.69) is 10.8 Å². The maximum atomic E-state index is 13.6. The van der Waals surface area contributed by atoms with Gasteiger partial charge < -0.3 is 14.6 Å². The zero-order valence-corrected chi connectivity index (χ0v) is 21.4. The van der Waals surface area contributed by atoms with Crippen molar-refractivity contribution < 1.29 is 23.1 Å². The number of aromatic nitrogens is 1. The predicted molar refractivity (Wildman–Crippen MR) is 130 cm³/mol. The molecule has 0 bridgehead atoms. The van der Waals surface area contributed by atoms with Crippen molar-refractivity contribution in [2.45, 2.75) is 57.0 Å². The molecule has 0 aliphatic carbocycles. The molecule has 0 saturated carbocycles. The van der Waals surface area contributed by atoms with Gasteiger partial charge in [-0.05, 0) is 63.8 Å². The number of benzene rings is 1. The molecule has 188 valence electrons. The largest absolute Gasteiger partial charge is 0.481 e. The average molecular weight is 521 g/mol. The van der Waals surface area contributed by atoms with E-state index in [0.717, 1.165) is 0 Å². The molecular weight excluding hydrogens is 492 g/mol. The second-order valence-electron chi connectivity index (χ2n) is 9.25. The zero-order valence-electron chi connectivity index (χ0n) is 19.9. The van der Waals surface area contributed by atoms with Crippen LogP contribution >= 0.6 is 11.6 Å². The van der Waals surface area contributed by atoms with Gasteiger partial charge in [0.25, 0.3) is 0 Å². The van der Waals surface area contributed by atoms with Crippen molar-refractivity contribution in [2.75, 3.05) is 13.1 Å². The number of aliphatic carboxylic acids is 1. The molecule has 9 nitrogen and oxygen atoms in total. The molecule has 2 unspecified atom stereocenters. The Morgan fingerprint density at radius 3 is 2.49 bits per heavy atom. The van der Waals surface area contributed by atoms with Crippen molar-refractivity contribution in [3.05, 3.63) is 52.8 Å². The van der Waals surface area contributed by atoms with E-state index in [1.54, 1.807) is 55.8 Å². The van der Waals surface area contributed by atoms with Gasteiger partial charge in [0.05, 0.1) is 10.4 Å². The van der Waals surface area contributed by atoms with Crippen LogP contribution < -0.4 is 4.72 Å². The van der Waals surface area contributed by atoms with Gasteiger partial charge in [0.15, 0.2) is 0 Å². The van der Waals surface area contributed by atoms with Crippen molar-refractivity contribution >= 4 is 33.5 Å². The number of carbonyl (C=O) groups is 2. The van der Waals surface area contributed by atoms with Gasteiger partial charge in [0, 0.05) is 25.3 Å². The third kappa shape index (κ3) is 5.69.